The Morgan fingerprint density at radius 2 is 1.68 bits per heavy atom. The lowest BCUT2D eigenvalue weighted by Gasteiger charge is -2.29. The van der Waals surface area contributed by atoms with E-state index in [1.54, 1.807) is 13.8 Å². The second-order valence-electron chi connectivity index (χ2n) is 6.05. The normalized spacial score (nSPS) is 13.2. The van der Waals surface area contributed by atoms with E-state index in [9.17, 15) is 22.2 Å². The van der Waals surface area contributed by atoms with Crippen molar-refractivity contribution in [2.75, 3.05) is 0 Å². The first-order valence-corrected chi connectivity index (χ1v) is 9.94. The van der Waals surface area contributed by atoms with Gasteiger partial charge in [0.05, 0.1) is 26.3 Å². The van der Waals surface area contributed by atoms with Crippen molar-refractivity contribution < 1.29 is 26.9 Å². The Balaban J connectivity index is 2.26. The zero-order valence-electron chi connectivity index (χ0n) is 15.2. The minimum absolute atomic E-state index is 0.0666. The molecule has 0 bridgehead atoms. The maximum absolute atomic E-state index is 12.7. The van der Waals surface area contributed by atoms with Crippen molar-refractivity contribution in [2.45, 2.75) is 48.3 Å². The minimum Gasteiger partial charge on any atom is -0.477 e. The number of hydrogen-bond donors (Lipinski definition) is 1. The predicted octanol–water partition coefficient (Wildman–Crippen LogP) is 4.95. The van der Waals surface area contributed by atoms with Crippen molar-refractivity contribution in [1.29, 1.82) is 0 Å². The monoisotopic (exact) mass is 433 g/mol. The Morgan fingerprint density at radius 3 is 2.11 bits per heavy atom. The zero-order valence-corrected chi connectivity index (χ0v) is 16.8. The Labute approximate surface area is 168 Å². The molecular formula is C19H19ClF3NO3S. The van der Waals surface area contributed by atoms with Gasteiger partial charge in [0.15, 0.2) is 5.60 Å². The van der Waals surface area contributed by atoms with E-state index in [0.717, 1.165) is 18.2 Å². The van der Waals surface area contributed by atoms with Gasteiger partial charge in [-0.15, -0.1) is 0 Å². The van der Waals surface area contributed by atoms with Crippen LogP contribution in [0.1, 0.15) is 32.3 Å². The molecule has 9 heteroatoms. The van der Waals surface area contributed by atoms with Crippen LogP contribution in [0, 0.1) is 0 Å². The fraction of sp³-hybridized carbons (Fsp3) is 0.316. The maximum Gasteiger partial charge on any atom is 0.416 e. The lowest BCUT2D eigenvalue weighted by Crippen LogP contribution is -2.48. The molecule has 1 atom stereocenters. The summed E-state index contributed by atoms with van der Waals surface area (Å²) >= 11 is 5.90. The van der Waals surface area contributed by atoms with Gasteiger partial charge in [0.2, 0.25) is 0 Å². The smallest absolute Gasteiger partial charge is 0.416 e. The highest BCUT2D eigenvalue weighted by atomic mass is 35.5. The van der Waals surface area contributed by atoms with Gasteiger partial charge in [0, 0.05) is 4.90 Å². The number of nitrogens with two attached hydrogens (primary N) is 1. The first kappa shape index (κ1) is 22.2. The van der Waals surface area contributed by atoms with Gasteiger partial charge in [0.1, 0.15) is 5.75 Å². The molecule has 152 valence electrons. The van der Waals surface area contributed by atoms with Crippen LogP contribution < -0.4 is 10.5 Å². The zero-order chi connectivity index (χ0) is 21.1. The van der Waals surface area contributed by atoms with Gasteiger partial charge >= 0.3 is 6.18 Å². The van der Waals surface area contributed by atoms with Gasteiger partial charge in [-0.1, -0.05) is 25.4 Å². The third-order valence-electron chi connectivity index (χ3n) is 4.40. The number of rotatable bonds is 7. The molecule has 2 rings (SSSR count). The SMILES string of the molecule is CCC(CC)(Oc1ccc(S(=O)c2ccc(C(F)(F)F)cc2Cl)cc1)C(N)=O. The van der Waals surface area contributed by atoms with Crippen molar-refractivity contribution in [3.63, 3.8) is 0 Å². The lowest BCUT2D eigenvalue weighted by atomic mass is 9.96. The number of halogens is 4. The molecule has 0 spiro atoms. The summed E-state index contributed by atoms with van der Waals surface area (Å²) in [6, 6.07) is 8.71. The van der Waals surface area contributed by atoms with Crippen molar-refractivity contribution >= 4 is 28.3 Å². The number of hydrogen-bond acceptors (Lipinski definition) is 3. The van der Waals surface area contributed by atoms with E-state index in [4.69, 9.17) is 22.1 Å². The van der Waals surface area contributed by atoms with Gasteiger partial charge in [0.25, 0.3) is 5.91 Å². The van der Waals surface area contributed by atoms with Gasteiger partial charge in [-0.05, 0) is 55.3 Å². The number of primary amides is 1. The van der Waals surface area contributed by atoms with Gasteiger partial charge in [-0.25, -0.2) is 4.21 Å². The molecule has 0 aliphatic heterocycles. The summed E-state index contributed by atoms with van der Waals surface area (Å²) in [6.07, 6.45) is -3.77. The van der Waals surface area contributed by atoms with Crippen LogP contribution in [-0.2, 0) is 21.8 Å². The van der Waals surface area contributed by atoms with Crippen LogP contribution >= 0.6 is 11.6 Å². The van der Waals surface area contributed by atoms with E-state index >= 15 is 0 Å². The molecule has 0 aromatic heterocycles. The van der Waals surface area contributed by atoms with Crippen LogP contribution in [0.3, 0.4) is 0 Å². The van der Waals surface area contributed by atoms with Crippen LogP contribution in [-0.4, -0.2) is 15.7 Å². The van der Waals surface area contributed by atoms with Crippen LogP contribution in [0.15, 0.2) is 52.3 Å². The summed E-state index contributed by atoms with van der Waals surface area (Å²) in [4.78, 5) is 12.1. The first-order chi connectivity index (χ1) is 13.0. The summed E-state index contributed by atoms with van der Waals surface area (Å²) in [5, 5.41) is -0.238. The maximum atomic E-state index is 12.7. The topological polar surface area (TPSA) is 69.4 Å². The van der Waals surface area contributed by atoms with Crippen LogP contribution in [0.5, 0.6) is 5.75 Å². The highest BCUT2D eigenvalue weighted by molar-refractivity contribution is 7.85. The summed E-state index contributed by atoms with van der Waals surface area (Å²) in [6.45, 7) is 3.56. The fourth-order valence-electron chi connectivity index (χ4n) is 2.60. The molecule has 0 aliphatic rings. The molecule has 0 aliphatic carbocycles. The van der Waals surface area contributed by atoms with E-state index < -0.39 is 34.0 Å². The molecule has 0 fully saturated rings. The van der Waals surface area contributed by atoms with E-state index in [1.165, 1.54) is 24.3 Å². The highest BCUT2D eigenvalue weighted by Crippen LogP contribution is 2.34. The summed E-state index contributed by atoms with van der Waals surface area (Å²) in [5.74, 6) is -0.219. The van der Waals surface area contributed by atoms with Gasteiger partial charge in [-0.3, -0.25) is 4.79 Å². The molecule has 1 unspecified atom stereocenters. The Kier molecular flexibility index (Phi) is 6.77. The molecule has 1 amide bonds. The first-order valence-electron chi connectivity index (χ1n) is 8.41. The lowest BCUT2D eigenvalue weighted by molar-refractivity contribution is -0.137. The summed E-state index contributed by atoms with van der Waals surface area (Å²) < 4.78 is 56.6. The van der Waals surface area contributed by atoms with Crippen LogP contribution in [0.25, 0.3) is 0 Å². The number of carbonyl (C=O) groups excluding carboxylic acids is 1. The third-order valence-corrected chi connectivity index (χ3v) is 6.28. The molecule has 28 heavy (non-hydrogen) atoms. The Hall–Kier alpha value is -2.06. The highest BCUT2D eigenvalue weighted by Gasteiger charge is 2.35. The standard InChI is InChI=1S/C19H19ClF3NO3S/c1-3-18(4-2,17(24)25)27-13-6-8-14(9-7-13)28(26)16-10-5-12(11-15(16)20)19(21,22)23/h5-11H,3-4H2,1-2H3,(H2,24,25). The molecule has 0 saturated carbocycles. The van der Waals surface area contributed by atoms with E-state index in [1.807, 2.05) is 0 Å². The van der Waals surface area contributed by atoms with Gasteiger partial charge in [-0.2, -0.15) is 13.2 Å². The molecular weight excluding hydrogens is 415 g/mol. The molecule has 0 heterocycles. The predicted molar refractivity (Wildman–Crippen MR) is 101 cm³/mol. The molecule has 2 aromatic rings. The molecule has 4 nitrogen and oxygen atoms in total. The van der Waals surface area contributed by atoms with Crippen molar-refractivity contribution in [1.82, 2.24) is 0 Å². The summed E-state index contributed by atoms with van der Waals surface area (Å²) in [7, 11) is -1.78. The van der Waals surface area contributed by atoms with E-state index in [-0.39, 0.29) is 9.92 Å². The number of ether oxygens (including phenoxy) is 1. The van der Waals surface area contributed by atoms with Crippen LogP contribution in [0.4, 0.5) is 13.2 Å². The van der Waals surface area contributed by atoms with Crippen LogP contribution in [0.2, 0.25) is 5.02 Å². The molecule has 2 aromatic carbocycles. The number of benzene rings is 2. The second-order valence-corrected chi connectivity index (χ2v) is 7.91. The second kappa shape index (κ2) is 8.53. The number of alkyl halides is 3. The van der Waals surface area contributed by atoms with Gasteiger partial charge < -0.3 is 10.5 Å². The third kappa shape index (κ3) is 4.67. The Morgan fingerprint density at radius 1 is 1.11 bits per heavy atom. The van der Waals surface area contributed by atoms with Crippen molar-refractivity contribution in [3.05, 3.63) is 53.1 Å². The largest absolute Gasteiger partial charge is 0.477 e. The Bertz CT molecular complexity index is 881. The molecule has 0 saturated heterocycles. The number of amides is 1. The van der Waals surface area contributed by atoms with E-state index in [2.05, 4.69) is 0 Å². The average Bonchev–Trinajstić information content (AvgIpc) is 2.65. The molecule has 0 radical (unpaired) electrons. The average molecular weight is 434 g/mol. The minimum atomic E-state index is -4.53. The fourth-order valence-corrected chi connectivity index (χ4v) is 4.06. The van der Waals surface area contributed by atoms with Crippen molar-refractivity contribution in [3.8, 4) is 5.75 Å². The molecule has 2 N–H and O–H groups in total. The number of carbonyl (C=O) groups is 1. The van der Waals surface area contributed by atoms with E-state index in [0.29, 0.717) is 23.5 Å². The quantitative estimate of drug-likeness (QED) is 0.671. The van der Waals surface area contributed by atoms with Crippen molar-refractivity contribution in [2.24, 2.45) is 5.73 Å². The summed E-state index contributed by atoms with van der Waals surface area (Å²) in [5.41, 5.74) is 3.39.